The molecule has 12 rings (SSSR count). The highest BCUT2D eigenvalue weighted by Gasteiger charge is 2.45. The Labute approximate surface area is 654 Å². The first-order valence-corrected chi connectivity index (χ1v) is 40.2. The summed E-state index contributed by atoms with van der Waals surface area (Å²) in [6, 6.07) is 87.1. The van der Waals surface area contributed by atoms with Gasteiger partial charge >= 0.3 is 0 Å². The van der Waals surface area contributed by atoms with Crippen LogP contribution < -0.4 is 0 Å². The van der Waals surface area contributed by atoms with Crippen molar-refractivity contribution in [1.82, 2.24) is 9.80 Å². The molecule has 0 bridgehead atoms. The molecule has 9 aromatic rings. The Morgan fingerprint density at radius 1 is 0.358 bits per heavy atom. The molecule has 4 atom stereocenters. The van der Waals surface area contributed by atoms with Crippen molar-refractivity contribution in [2.45, 2.75) is 191 Å². The number of aliphatic hydroxyl groups excluding tert-OH is 1. The first-order valence-electron chi connectivity index (χ1n) is 40.2. The van der Waals surface area contributed by atoms with E-state index >= 15 is 0 Å². The van der Waals surface area contributed by atoms with E-state index in [9.17, 15) is 20.4 Å². The molecule has 9 aromatic carbocycles. The van der Waals surface area contributed by atoms with Gasteiger partial charge in [0.25, 0.3) is 0 Å². The number of piperidine rings is 3. The van der Waals surface area contributed by atoms with Crippen molar-refractivity contribution in [3.8, 4) is 0 Å². The Morgan fingerprint density at radius 2 is 0.642 bits per heavy atom. The third kappa shape index (κ3) is 21.5. The summed E-state index contributed by atoms with van der Waals surface area (Å²) < 4.78 is 19.9. The van der Waals surface area contributed by atoms with Gasteiger partial charge in [0.2, 0.25) is 0 Å². The van der Waals surface area contributed by atoms with Crippen LogP contribution in [-0.4, -0.2) is 108 Å². The van der Waals surface area contributed by atoms with Crippen molar-refractivity contribution in [3.05, 3.63) is 334 Å². The fourth-order valence-electron chi connectivity index (χ4n) is 16.7. The molecule has 0 aromatic heterocycles. The fraction of sp³-hybridized carbons (Fsp3) is 0.424. The van der Waals surface area contributed by atoms with E-state index in [1.165, 1.54) is 27.8 Å². The van der Waals surface area contributed by atoms with E-state index in [-0.39, 0.29) is 52.3 Å². The normalized spacial score (nSPS) is 17.2. The lowest BCUT2D eigenvalue weighted by Gasteiger charge is -2.43. The van der Waals surface area contributed by atoms with Crippen LogP contribution in [0.5, 0.6) is 0 Å². The second kappa shape index (κ2) is 38.7. The van der Waals surface area contributed by atoms with E-state index in [2.05, 4.69) is 217 Å². The van der Waals surface area contributed by atoms with Gasteiger partial charge in [0.1, 0.15) is 42.3 Å². The number of ether oxygens (including phenoxy) is 3. The first-order chi connectivity index (χ1) is 52.4. The van der Waals surface area contributed by atoms with Crippen molar-refractivity contribution in [2.75, 3.05) is 60.6 Å². The van der Waals surface area contributed by atoms with Gasteiger partial charge in [-0.05, 0) is 152 Å². The minimum atomic E-state index is -1.04. The Hall–Kier alpha value is -8.13. The molecule has 4 unspecified atom stereocenters. The third-order valence-electron chi connectivity index (χ3n) is 23.5. The number of benzene rings is 9. The Balaban J connectivity index is 0.000000174. The third-order valence-corrected chi connectivity index (χ3v) is 23.5. The molecule has 0 spiro atoms. The van der Waals surface area contributed by atoms with Crippen molar-refractivity contribution >= 4 is 6.21 Å². The number of likely N-dealkylation sites (tertiary alicyclic amines) is 2. The van der Waals surface area contributed by atoms with E-state index in [0.717, 1.165) is 142 Å². The van der Waals surface area contributed by atoms with E-state index in [0.29, 0.717) is 6.42 Å². The molecule has 109 heavy (non-hydrogen) atoms. The molecule has 4 N–H and O–H groups in total. The second-order valence-corrected chi connectivity index (χ2v) is 33.7. The number of hydrogen-bond acceptors (Lipinski definition) is 9. The molecule has 0 aliphatic carbocycles. The number of methoxy groups -OCH3 is 3. The maximum atomic E-state index is 12.1. The van der Waals surface area contributed by atoms with E-state index in [1.54, 1.807) is 14.2 Å². The SMILES string of the molecule is COC(CC=CN1CCC(C(O)(c2ccccc2)c2ccccc2)CC1)c1ccc(C(C)(C)C)cc1.COC(CCC(O)N1CCC(C(O)(c2ccccc2)c2ccccc2)CC1)c1ccc(C(C)(C)C)cc1.COC(CCC=[N+]1CCC(C(O)(c2ccccc2)c2ccccc2)CC1)c1ccc(C(C)(C)C)cc1. The Kier molecular flexibility index (Phi) is 29.6. The molecule has 3 aliphatic heterocycles. The summed E-state index contributed by atoms with van der Waals surface area (Å²) in [6.45, 7) is 25.4. The number of rotatable bonds is 25. The molecule has 3 saturated heterocycles. The lowest BCUT2D eigenvalue weighted by molar-refractivity contribution is -0.539. The fourth-order valence-corrected chi connectivity index (χ4v) is 16.7. The van der Waals surface area contributed by atoms with Crippen LogP contribution in [0.3, 0.4) is 0 Å². The molecule has 10 heteroatoms. The van der Waals surface area contributed by atoms with Gasteiger partial charge in [-0.25, -0.2) is 4.58 Å². The highest BCUT2D eigenvalue weighted by molar-refractivity contribution is 5.51. The summed E-state index contributed by atoms with van der Waals surface area (Å²) >= 11 is 0. The molecule has 0 saturated carbocycles. The standard InChI is InChI=1S/C33H43NO3.C33H42NO2.C33H41NO2/c1-32(2,3)26-17-15-25(16-18-26)30(37-4)19-20-31(35)34-23-21-29(22-24-34)33(36,27-11-7-5-8-12-27)28-13-9-6-10-14-28;2*1-32(2,3)27-19-17-26(18-20-27)31(36-4)16-11-23-34-24-21-30(22-25-34)33(35,28-12-7-5-8-13-28)29-14-9-6-10-15-29/h5-18,29-31,35-36H,19-24H2,1-4H3;5-10,12-15,17-20,23,30-31,35H,11,16,21-22,24-25H2,1-4H3;5-15,17-20,23,30-31,35H,16,21-22,24-25H2,1-4H3/q;+1;. The monoisotopic (exact) mass is 1470 g/mol. The van der Waals surface area contributed by atoms with Crippen LogP contribution in [0.1, 0.15) is 218 Å². The molecule has 0 amide bonds. The molecular weight excluding hydrogens is 1340 g/mol. The van der Waals surface area contributed by atoms with Crippen molar-refractivity contribution in [1.29, 1.82) is 0 Å². The van der Waals surface area contributed by atoms with Gasteiger partial charge in [-0.3, -0.25) is 4.90 Å². The van der Waals surface area contributed by atoms with Gasteiger partial charge in [-0.2, -0.15) is 0 Å². The van der Waals surface area contributed by atoms with Gasteiger partial charge in [-0.1, -0.05) is 323 Å². The summed E-state index contributed by atoms with van der Waals surface area (Å²) in [5.74, 6) is 0.425. The van der Waals surface area contributed by atoms with Crippen LogP contribution in [0.2, 0.25) is 0 Å². The molecular formula is C99H126N3O7+. The van der Waals surface area contributed by atoms with Crippen molar-refractivity contribution in [3.63, 3.8) is 0 Å². The van der Waals surface area contributed by atoms with Crippen LogP contribution in [0.25, 0.3) is 0 Å². The molecule has 3 aliphatic rings. The lowest BCUT2D eigenvalue weighted by Crippen LogP contribution is -2.47. The van der Waals surface area contributed by atoms with Crippen LogP contribution in [-0.2, 0) is 47.3 Å². The maximum absolute atomic E-state index is 12.1. The molecule has 0 radical (unpaired) electrons. The zero-order valence-corrected chi connectivity index (χ0v) is 67.4. The van der Waals surface area contributed by atoms with Gasteiger partial charge in [0, 0.05) is 72.7 Å². The van der Waals surface area contributed by atoms with Crippen LogP contribution in [0.15, 0.2) is 267 Å². The molecule has 578 valence electrons. The average Bonchev–Trinajstić information content (AvgIpc) is 0.777. The quantitative estimate of drug-likeness (QED) is 0.0415. The zero-order chi connectivity index (χ0) is 77.7. The van der Waals surface area contributed by atoms with Gasteiger partial charge in [-0.15, -0.1) is 0 Å². The van der Waals surface area contributed by atoms with Gasteiger partial charge < -0.3 is 39.5 Å². The van der Waals surface area contributed by atoms with E-state index in [4.69, 9.17) is 14.2 Å². The molecule has 3 fully saturated rings. The predicted octanol–water partition coefficient (Wildman–Crippen LogP) is 20.5. The van der Waals surface area contributed by atoms with Crippen molar-refractivity contribution in [2.24, 2.45) is 17.8 Å². The Bertz CT molecular complexity index is 4030. The number of aliphatic hydroxyl groups is 4. The number of hydrogen-bond donors (Lipinski definition) is 4. The minimum absolute atomic E-state index is 0.0394. The lowest BCUT2D eigenvalue weighted by atomic mass is 9.72. The average molecular weight is 1470 g/mol. The van der Waals surface area contributed by atoms with Gasteiger partial charge in [0.05, 0.1) is 18.3 Å². The maximum Gasteiger partial charge on any atom is 0.142 e. The smallest absolute Gasteiger partial charge is 0.142 e. The predicted molar refractivity (Wildman–Crippen MR) is 448 cm³/mol. The summed E-state index contributed by atoms with van der Waals surface area (Å²) in [5, 5.41) is 47.3. The minimum Gasteiger partial charge on any atom is -0.380 e. The molecule has 10 nitrogen and oxygen atoms in total. The summed E-state index contributed by atoms with van der Waals surface area (Å²) in [6.07, 6.45) is 16.0. The summed E-state index contributed by atoms with van der Waals surface area (Å²) in [4.78, 5) is 4.53. The van der Waals surface area contributed by atoms with Crippen LogP contribution in [0.4, 0.5) is 0 Å². The number of nitrogens with zero attached hydrogens (tertiary/aromatic N) is 3. The second-order valence-electron chi connectivity index (χ2n) is 33.7. The highest BCUT2D eigenvalue weighted by Crippen LogP contribution is 2.46. The van der Waals surface area contributed by atoms with Crippen molar-refractivity contribution < 1.29 is 39.2 Å². The highest BCUT2D eigenvalue weighted by atomic mass is 16.5. The molecule has 3 heterocycles. The summed E-state index contributed by atoms with van der Waals surface area (Å²) in [5.41, 5.74) is 10.8. The summed E-state index contributed by atoms with van der Waals surface area (Å²) in [7, 11) is 5.34. The van der Waals surface area contributed by atoms with Crippen LogP contribution >= 0.6 is 0 Å². The van der Waals surface area contributed by atoms with E-state index < -0.39 is 23.0 Å². The van der Waals surface area contributed by atoms with E-state index in [1.807, 2.05) is 141 Å². The van der Waals surface area contributed by atoms with Crippen LogP contribution in [0, 0.1) is 17.8 Å². The Morgan fingerprint density at radius 3 is 0.945 bits per heavy atom. The van der Waals surface area contributed by atoms with Gasteiger partial charge in [0.15, 0.2) is 0 Å². The first kappa shape index (κ1) is 83.3. The zero-order valence-electron chi connectivity index (χ0n) is 67.4. The largest absolute Gasteiger partial charge is 0.380 e. The topological polar surface area (TPSA) is 118 Å².